The van der Waals surface area contributed by atoms with Crippen molar-refractivity contribution < 1.29 is 14.8 Å². The number of hydrogen-bond donors (Lipinski definition) is 1. The standard InChI is InChI=1S/C19H28BNO2/c1-23-19(22)18(10-14-5-3-2-4-6-14)21-20-11-15-7-16(12-20)9-17(8-15)13-20/h2-6,15-18H,7-13,21H2,1H3/t15?,16?,17?,18-,20?/m0/s1. The molecule has 2 N–H and O–H groups in total. The molecule has 3 aliphatic heterocycles. The number of benzene rings is 1. The van der Waals surface area contributed by atoms with E-state index in [9.17, 15) is 4.79 Å². The first kappa shape index (κ1) is 15.3. The van der Waals surface area contributed by atoms with Gasteiger partial charge in [-0.3, -0.25) is 0 Å². The molecular weight excluding hydrogens is 285 g/mol. The van der Waals surface area contributed by atoms with Crippen molar-refractivity contribution in [3.8, 4) is 0 Å². The fourth-order valence-corrected chi connectivity index (χ4v) is 6.54. The van der Waals surface area contributed by atoms with Gasteiger partial charge in [-0.05, 0) is 5.56 Å². The molecule has 0 unspecified atom stereocenters. The SMILES string of the molecule is COC(=O)[C@H](Cc1ccccc1)[NH2+][B-]12CC3CC(CC(C3)C1)C2. The summed E-state index contributed by atoms with van der Waals surface area (Å²) in [7, 11) is 1.53. The monoisotopic (exact) mass is 313 g/mol. The molecule has 1 aromatic rings. The molecule has 4 bridgehead atoms. The van der Waals surface area contributed by atoms with Crippen LogP contribution >= 0.6 is 0 Å². The Morgan fingerprint density at radius 3 is 2.22 bits per heavy atom. The van der Waals surface area contributed by atoms with E-state index in [0.717, 1.165) is 24.2 Å². The van der Waals surface area contributed by atoms with Crippen LogP contribution in [0.4, 0.5) is 0 Å². The molecule has 4 aliphatic rings. The molecule has 3 heterocycles. The molecule has 0 aromatic heterocycles. The van der Waals surface area contributed by atoms with E-state index in [1.54, 1.807) is 0 Å². The number of nitrogens with two attached hydrogens (primary N) is 1. The van der Waals surface area contributed by atoms with E-state index in [4.69, 9.17) is 4.74 Å². The van der Waals surface area contributed by atoms with E-state index in [1.165, 1.54) is 50.9 Å². The summed E-state index contributed by atoms with van der Waals surface area (Å²) in [6, 6.07) is 10.3. The van der Waals surface area contributed by atoms with Gasteiger partial charge in [0.05, 0.1) is 7.11 Å². The van der Waals surface area contributed by atoms with Crippen molar-refractivity contribution >= 4 is 12.3 Å². The summed E-state index contributed by atoms with van der Waals surface area (Å²) in [4.78, 5) is 12.4. The Morgan fingerprint density at radius 2 is 1.70 bits per heavy atom. The number of esters is 1. The molecule has 23 heavy (non-hydrogen) atoms. The van der Waals surface area contributed by atoms with Crippen LogP contribution in [0.2, 0.25) is 19.0 Å². The highest BCUT2D eigenvalue weighted by Gasteiger charge is 2.51. The molecule has 124 valence electrons. The third-order valence-corrected chi connectivity index (χ3v) is 6.85. The van der Waals surface area contributed by atoms with Crippen LogP contribution in [0.1, 0.15) is 24.8 Å². The Morgan fingerprint density at radius 1 is 1.13 bits per heavy atom. The molecule has 1 aromatic carbocycles. The van der Waals surface area contributed by atoms with Gasteiger partial charge in [0.15, 0.2) is 0 Å². The summed E-state index contributed by atoms with van der Waals surface area (Å²) >= 11 is 0. The van der Waals surface area contributed by atoms with E-state index >= 15 is 0 Å². The van der Waals surface area contributed by atoms with Gasteiger partial charge in [-0.15, -0.1) is 19.0 Å². The van der Waals surface area contributed by atoms with Crippen molar-refractivity contribution in [1.29, 1.82) is 0 Å². The van der Waals surface area contributed by atoms with Crippen LogP contribution in [-0.2, 0) is 16.0 Å². The summed E-state index contributed by atoms with van der Waals surface area (Å²) in [6.07, 6.45) is 8.81. The zero-order chi connectivity index (χ0) is 15.9. The number of quaternary nitrogens is 1. The number of carbonyl (C=O) groups is 1. The second-order valence-electron chi connectivity index (χ2n) is 8.60. The largest absolute Gasteiger partial charge is 0.524 e. The molecule has 4 fully saturated rings. The van der Waals surface area contributed by atoms with Crippen molar-refractivity contribution in [2.45, 2.75) is 50.7 Å². The molecule has 1 saturated carbocycles. The van der Waals surface area contributed by atoms with Crippen molar-refractivity contribution in [1.82, 2.24) is 0 Å². The van der Waals surface area contributed by atoms with Crippen molar-refractivity contribution in [3.05, 3.63) is 35.9 Å². The summed E-state index contributed by atoms with van der Waals surface area (Å²) in [6.45, 7) is 0. The minimum atomic E-state index is -0.446. The molecule has 0 spiro atoms. The zero-order valence-corrected chi connectivity index (χ0v) is 14.1. The first-order valence-electron chi connectivity index (χ1n) is 9.34. The maximum atomic E-state index is 12.4. The predicted molar refractivity (Wildman–Crippen MR) is 92.4 cm³/mol. The third kappa shape index (κ3) is 3.06. The highest BCUT2D eigenvalue weighted by Crippen LogP contribution is 2.53. The molecule has 1 aliphatic carbocycles. The lowest BCUT2D eigenvalue weighted by Gasteiger charge is -2.59. The van der Waals surface area contributed by atoms with Crippen molar-refractivity contribution in [2.24, 2.45) is 17.8 Å². The van der Waals surface area contributed by atoms with Crippen LogP contribution in [0.25, 0.3) is 0 Å². The molecule has 3 nitrogen and oxygen atoms in total. The molecule has 4 heteroatoms. The summed E-state index contributed by atoms with van der Waals surface area (Å²) < 4.78 is 5.14. The molecule has 0 amide bonds. The molecule has 3 saturated heterocycles. The van der Waals surface area contributed by atoms with Gasteiger partial charge in [0, 0.05) is 6.42 Å². The van der Waals surface area contributed by atoms with Crippen molar-refractivity contribution in [3.63, 3.8) is 0 Å². The highest BCUT2D eigenvalue weighted by atomic mass is 16.5. The number of ether oxygens (including phenoxy) is 1. The van der Waals surface area contributed by atoms with Gasteiger partial charge in [-0.1, -0.05) is 67.3 Å². The summed E-state index contributed by atoms with van der Waals surface area (Å²) in [5.74, 6) is 2.76. The van der Waals surface area contributed by atoms with E-state index < -0.39 is 6.28 Å². The van der Waals surface area contributed by atoms with Gasteiger partial charge in [-0.2, -0.15) is 0 Å². The fraction of sp³-hybridized carbons (Fsp3) is 0.632. The minimum absolute atomic E-state index is 0.0496. The zero-order valence-electron chi connectivity index (χ0n) is 14.1. The van der Waals surface area contributed by atoms with Gasteiger partial charge < -0.3 is 9.96 Å². The number of hydrogen-bond acceptors (Lipinski definition) is 2. The topological polar surface area (TPSA) is 42.9 Å². The summed E-state index contributed by atoms with van der Waals surface area (Å²) in [5.41, 5.74) is 1.24. The van der Waals surface area contributed by atoms with Crippen LogP contribution in [0.3, 0.4) is 0 Å². The molecule has 1 atom stereocenters. The van der Waals surface area contributed by atoms with Crippen LogP contribution in [0.5, 0.6) is 0 Å². The smallest absolute Gasteiger partial charge is 0.360 e. The Bertz CT molecular complexity index is 539. The normalized spacial score (nSPS) is 36.0. The average molecular weight is 313 g/mol. The van der Waals surface area contributed by atoms with Crippen LogP contribution in [0.15, 0.2) is 30.3 Å². The Labute approximate surface area is 139 Å². The lowest BCUT2D eigenvalue weighted by atomic mass is 9.18. The molecule has 0 radical (unpaired) electrons. The van der Waals surface area contributed by atoms with E-state index in [0.29, 0.717) is 0 Å². The fourth-order valence-electron chi connectivity index (χ4n) is 6.54. The molecule has 5 rings (SSSR count). The second-order valence-corrected chi connectivity index (χ2v) is 8.60. The van der Waals surface area contributed by atoms with Gasteiger partial charge >= 0.3 is 5.97 Å². The second kappa shape index (κ2) is 5.97. The van der Waals surface area contributed by atoms with E-state index in [1.807, 2.05) is 6.07 Å². The van der Waals surface area contributed by atoms with Crippen LogP contribution in [0, 0.1) is 17.8 Å². The Balaban J connectivity index is 1.52. The summed E-state index contributed by atoms with van der Waals surface area (Å²) in [5, 5.41) is 2.48. The average Bonchev–Trinajstić information content (AvgIpc) is 2.53. The minimum Gasteiger partial charge on any atom is -0.524 e. The Kier molecular flexibility index (Phi) is 3.96. The first-order chi connectivity index (χ1) is 11.2. The van der Waals surface area contributed by atoms with E-state index in [-0.39, 0.29) is 12.0 Å². The van der Waals surface area contributed by atoms with E-state index in [2.05, 4.69) is 29.5 Å². The number of carbonyl (C=O) groups excluding carboxylic acids is 1. The lowest BCUT2D eigenvalue weighted by molar-refractivity contribution is -0.565. The molecular formula is C19H28BNO2. The predicted octanol–water partition coefficient (Wildman–Crippen LogP) is 2.34. The van der Waals surface area contributed by atoms with Gasteiger partial charge in [0.1, 0.15) is 6.04 Å². The number of rotatable bonds is 5. The Hall–Kier alpha value is -1.29. The number of methoxy groups -OCH3 is 1. The lowest BCUT2D eigenvalue weighted by Crippen LogP contribution is -3.07. The van der Waals surface area contributed by atoms with Crippen molar-refractivity contribution in [2.75, 3.05) is 7.11 Å². The maximum Gasteiger partial charge on any atom is 0.360 e. The van der Waals surface area contributed by atoms with Crippen LogP contribution in [-0.4, -0.2) is 25.4 Å². The van der Waals surface area contributed by atoms with Crippen LogP contribution < -0.4 is 5.23 Å². The van der Waals surface area contributed by atoms with Gasteiger partial charge in [0.25, 0.3) is 0 Å². The maximum absolute atomic E-state index is 12.4. The van der Waals surface area contributed by atoms with Gasteiger partial charge in [-0.25, -0.2) is 4.79 Å². The first-order valence-corrected chi connectivity index (χ1v) is 9.34. The quantitative estimate of drug-likeness (QED) is 0.670. The highest BCUT2D eigenvalue weighted by molar-refractivity contribution is 6.72. The van der Waals surface area contributed by atoms with Gasteiger partial charge in [0.2, 0.25) is 6.28 Å². The third-order valence-electron chi connectivity index (χ3n) is 6.85.